The van der Waals surface area contributed by atoms with Crippen LogP contribution in [0.3, 0.4) is 0 Å². The van der Waals surface area contributed by atoms with E-state index in [1.807, 2.05) is 0 Å². The minimum Gasteiger partial charge on any atom is -0.460 e. The van der Waals surface area contributed by atoms with Gasteiger partial charge in [0, 0.05) is 12.6 Å². The summed E-state index contributed by atoms with van der Waals surface area (Å²) >= 11 is 0. The van der Waals surface area contributed by atoms with Gasteiger partial charge in [0.25, 0.3) is 0 Å². The van der Waals surface area contributed by atoms with E-state index in [4.69, 9.17) is 10.4 Å². The molecule has 4 nitrogen and oxygen atoms in total. The van der Waals surface area contributed by atoms with Gasteiger partial charge in [-0.3, -0.25) is 0 Å². The molecule has 0 amide bonds. The predicted molar refractivity (Wildman–Crippen MR) is 34.9 cm³/mol. The Morgan fingerprint density at radius 3 is 2.60 bits per heavy atom. The first-order chi connectivity index (χ1) is 4.81. The van der Waals surface area contributed by atoms with Gasteiger partial charge in [-0.05, 0) is 0 Å². The van der Waals surface area contributed by atoms with Crippen molar-refractivity contribution in [2.24, 2.45) is 0 Å². The fourth-order valence-electron chi connectivity index (χ4n) is 0.205. The minimum atomic E-state index is -0.501. The van der Waals surface area contributed by atoms with Crippen molar-refractivity contribution in [3.8, 4) is 6.57 Å². The molecule has 0 saturated carbocycles. The highest BCUT2D eigenvalue weighted by molar-refractivity contribution is 5.81. The second kappa shape index (κ2) is 10.6. The molecule has 0 aromatic heterocycles. The van der Waals surface area contributed by atoms with Crippen molar-refractivity contribution in [3.05, 3.63) is 12.7 Å². The average molecular weight is 143 g/mol. The van der Waals surface area contributed by atoms with Crippen LogP contribution in [0.1, 0.15) is 0 Å². The van der Waals surface area contributed by atoms with Gasteiger partial charge in [-0.2, -0.15) is 0 Å². The molecule has 0 unspecified atom stereocenters. The van der Waals surface area contributed by atoms with Crippen molar-refractivity contribution in [1.82, 2.24) is 0 Å². The quantitative estimate of drug-likeness (QED) is 0.440. The summed E-state index contributed by atoms with van der Waals surface area (Å²) in [7, 11) is 0. The lowest BCUT2D eigenvalue weighted by atomic mass is 10.6. The van der Waals surface area contributed by atoms with Crippen LogP contribution < -0.4 is 0 Å². The number of esters is 1. The summed E-state index contributed by atoms with van der Waals surface area (Å²) in [4.78, 5) is 10.1. The number of hydrogen-bond donors (Lipinski definition) is 1. The zero-order valence-electron chi connectivity index (χ0n) is 5.49. The van der Waals surface area contributed by atoms with E-state index < -0.39 is 5.97 Å². The van der Waals surface area contributed by atoms with E-state index in [0.717, 1.165) is 6.08 Å². The summed E-state index contributed by atoms with van der Waals surface area (Å²) in [5.74, 6) is -0.501. The Morgan fingerprint density at radius 1 is 1.80 bits per heavy atom. The van der Waals surface area contributed by atoms with E-state index in [2.05, 4.69) is 17.9 Å². The topological polar surface area (TPSA) is 70.3 Å². The van der Waals surface area contributed by atoms with Gasteiger partial charge in [-0.15, -0.1) is 0 Å². The molecule has 0 atom stereocenters. The van der Waals surface area contributed by atoms with Crippen molar-refractivity contribution in [2.45, 2.75) is 0 Å². The summed E-state index contributed by atoms with van der Waals surface area (Å²) in [6, 6.07) is 0. The van der Waals surface area contributed by atoms with E-state index in [1.165, 1.54) is 0 Å². The van der Waals surface area contributed by atoms with E-state index in [9.17, 15) is 4.79 Å². The highest BCUT2D eigenvalue weighted by Crippen LogP contribution is 1.75. The highest BCUT2D eigenvalue weighted by Gasteiger charge is 1.90. The first-order valence-corrected chi connectivity index (χ1v) is 2.47. The van der Waals surface area contributed by atoms with Crippen molar-refractivity contribution < 1.29 is 14.6 Å². The van der Waals surface area contributed by atoms with Crippen LogP contribution in [0.4, 0.5) is 0 Å². The zero-order valence-corrected chi connectivity index (χ0v) is 5.49. The normalized spacial score (nSPS) is 6.70. The maximum atomic E-state index is 10.1. The van der Waals surface area contributed by atoms with Gasteiger partial charge < -0.3 is 9.84 Å². The lowest BCUT2D eigenvalue weighted by Gasteiger charge is -1.94. The highest BCUT2D eigenvalue weighted by atomic mass is 16.5. The van der Waals surface area contributed by atoms with Crippen LogP contribution in [-0.2, 0) is 9.53 Å². The number of nitriles is 1. The summed E-state index contributed by atoms with van der Waals surface area (Å²) in [6.07, 6.45) is 1.05. The summed E-state index contributed by atoms with van der Waals surface area (Å²) in [6.45, 7) is 6.56. The lowest BCUT2D eigenvalue weighted by molar-refractivity contribution is -0.138. The summed E-state index contributed by atoms with van der Waals surface area (Å²) < 4.78 is 4.33. The van der Waals surface area contributed by atoms with Gasteiger partial charge in [-0.25, -0.2) is 10.1 Å². The number of carbonyl (C=O) groups is 1. The van der Waals surface area contributed by atoms with Crippen LogP contribution in [0.2, 0.25) is 0 Å². The van der Waals surface area contributed by atoms with Gasteiger partial charge in [-0.1, -0.05) is 6.58 Å². The Labute approximate surface area is 59.3 Å². The van der Waals surface area contributed by atoms with E-state index in [1.54, 1.807) is 0 Å². The average Bonchev–Trinajstić information content (AvgIpc) is 2.04. The van der Waals surface area contributed by atoms with Crippen LogP contribution in [-0.4, -0.2) is 24.3 Å². The van der Waals surface area contributed by atoms with Gasteiger partial charge in [0.15, 0.2) is 0 Å². The molecule has 0 aromatic carbocycles. The molecule has 0 aliphatic heterocycles. The Morgan fingerprint density at radius 2 is 2.30 bits per heavy atom. The lowest BCUT2D eigenvalue weighted by Crippen LogP contribution is -2.04. The largest absolute Gasteiger partial charge is 0.460 e. The van der Waals surface area contributed by atoms with Crippen molar-refractivity contribution in [1.29, 1.82) is 5.26 Å². The number of rotatable bonds is 3. The molecule has 0 fully saturated rings. The molecule has 0 saturated heterocycles. The van der Waals surface area contributed by atoms with Crippen LogP contribution in [0, 0.1) is 11.8 Å². The zero-order chi connectivity index (χ0) is 8.41. The fraction of sp³-hybridized carbons (Fsp3) is 0.333. The Kier molecular flexibility index (Phi) is 12.1. The van der Waals surface area contributed by atoms with Crippen LogP contribution >= 0.6 is 0 Å². The van der Waals surface area contributed by atoms with Crippen molar-refractivity contribution >= 4 is 5.97 Å². The second-order valence-electron chi connectivity index (χ2n) is 1.10. The van der Waals surface area contributed by atoms with Crippen molar-refractivity contribution in [3.63, 3.8) is 0 Å². The summed E-state index contributed by atoms with van der Waals surface area (Å²) in [5, 5.41) is 14.6. The predicted octanol–water partition coefficient (Wildman–Crippen LogP) is -0.152. The molecule has 0 aromatic rings. The fourth-order valence-corrected chi connectivity index (χ4v) is 0.205. The minimum absolute atomic E-state index is 0.0465. The van der Waals surface area contributed by atoms with Crippen LogP contribution in [0.5, 0.6) is 0 Å². The molecule has 4 heteroatoms. The van der Waals surface area contributed by atoms with Crippen LogP contribution in [0.15, 0.2) is 12.7 Å². The molecule has 0 rings (SSSR count). The maximum Gasteiger partial charge on any atom is 0.330 e. The van der Waals surface area contributed by atoms with Gasteiger partial charge >= 0.3 is 5.97 Å². The van der Waals surface area contributed by atoms with Gasteiger partial charge in [0.1, 0.15) is 6.61 Å². The molecule has 0 spiro atoms. The number of aliphatic hydroxyl groups is 1. The molecule has 0 radical (unpaired) electrons. The first kappa shape index (κ1) is 11.5. The molecule has 56 valence electrons. The Balaban J connectivity index is 0. The van der Waals surface area contributed by atoms with Crippen LogP contribution in [0.25, 0.3) is 0 Å². The molecule has 10 heavy (non-hydrogen) atoms. The smallest absolute Gasteiger partial charge is 0.330 e. The molecular weight excluding hydrogens is 134 g/mol. The third kappa shape index (κ3) is 9.83. The van der Waals surface area contributed by atoms with E-state index in [-0.39, 0.29) is 13.2 Å². The standard InChI is InChI=1S/C5H8O3.CHN/c1-2-5(7)8-4-3-6;1-2/h2,6H,1,3-4H2;1H. The molecule has 0 heterocycles. The van der Waals surface area contributed by atoms with Gasteiger partial charge in [0.2, 0.25) is 0 Å². The van der Waals surface area contributed by atoms with E-state index >= 15 is 0 Å². The summed E-state index contributed by atoms with van der Waals surface area (Å²) in [5.41, 5.74) is 0. The molecule has 0 bridgehead atoms. The number of ether oxygens (including phenoxy) is 1. The Hall–Kier alpha value is -1.34. The maximum absolute atomic E-state index is 10.1. The monoisotopic (exact) mass is 143 g/mol. The number of carbonyl (C=O) groups excluding carboxylic acids is 1. The molecular formula is C6H9NO3. The third-order valence-corrected chi connectivity index (χ3v) is 0.502. The molecule has 0 aliphatic rings. The SMILES string of the molecule is C#N.C=CC(=O)OCCO. The Bertz CT molecular complexity index is 119. The second-order valence-corrected chi connectivity index (χ2v) is 1.10. The van der Waals surface area contributed by atoms with Crippen molar-refractivity contribution in [2.75, 3.05) is 13.2 Å². The number of aliphatic hydroxyl groups excluding tert-OH is 1. The first-order valence-electron chi connectivity index (χ1n) is 2.47. The molecule has 1 N–H and O–H groups in total. The molecule has 0 aliphatic carbocycles. The van der Waals surface area contributed by atoms with Gasteiger partial charge in [0.05, 0.1) is 6.61 Å². The number of hydrogen-bond acceptors (Lipinski definition) is 4. The third-order valence-electron chi connectivity index (χ3n) is 0.502. The number of nitrogens with zero attached hydrogens (tertiary/aromatic N) is 1. The van der Waals surface area contributed by atoms with E-state index in [0.29, 0.717) is 0 Å².